The zero-order chi connectivity index (χ0) is 12.7. The molecule has 5 heteroatoms. The number of aliphatic hydroxyl groups excluding tert-OH is 1. The molecule has 0 aliphatic heterocycles. The molecule has 0 bridgehead atoms. The average Bonchev–Trinajstić information content (AvgIpc) is 2.38. The smallest absolute Gasteiger partial charge is 0.273 e. The van der Waals surface area contributed by atoms with Gasteiger partial charge in [0.05, 0.1) is 7.11 Å². The zero-order valence-corrected chi connectivity index (χ0v) is 9.24. The van der Waals surface area contributed by atoms with E-state index in [-0.39, 0.29) is 0 Å². The number of aliphatic hydroxyl groups is 1. The maximum absolute atomic E-state index is 11.5. The van der Waals surface area contributed by atoms with Crippen molar-refractivity contribution in [1.29, 1.82) is 0 Å². The number of carbonyl (C=O) groups is 1. The minimum Gasteiger partial charge on any atom is -0.365 e. The highest BCUT2D eigenvalue weighted by Crippen LogP contribution is 2.03. The Kier molecular flexibility index (Phi) is 5.06. The highest BCUT2D eigenvalue weighted by Gasteiger charge is 2.19. The summed E-state index contributed by atoms with van der Waals surface area (Å²) in [5.74, 6) is -0.646. The molecular formula is C12H12NO4. The number of hydrogen-bond acceptors (Lipinski definition) is 4. The summed E-state index contributed by atoms with van der Waals surface area (Å²) in [6.07, 6.45) is 2.26. The van der Waals surface area contributed by atoms with Crippen molar-refractivity contribution in [3.8, 4) is 0 Å². The lowest BCUT2D eigenvalue weighted by Gasteiger charge is -2.18. The third-order valence-electron chi connectivity index (χ3n) is 1.96. The van der Waals surface area contributed by atoms with Crippen LogP contribution in [0.2, 0.25) is 0 Å². The maximum atomic E-state index is 11.5. The van der Waals surface area contributed by atoms with Gasteiger partial charge in [-0.05, 0) is 11.6 Å². The number of amides is 1. The summed E-state index contributed by atoms with van der Waals surface area (Å²) >= 11 is 0. The van der Waals surface area contributed by atoms with Crippen LogP contribution < -0.4 is 0 Å². The van der Waals surface area contributed by atoms with Crippen LogP contribution in [0.3, 0.4) is 0 Å². The fourth-order valence-electron chi connectivity index (χ4n) is 1.16. The largest absolute Gasteiger partial charge is 0.365 e. The van der Waals surface area contributed by atoms with Gasteiger partial charge in [0.2, 0.25) is 6.23 Å². The Morgan fingerprint density at radius 1 is 1.47 bits per heavy atom. The molecule has 1 amide bonds. The van der Waals surface area contributed by atoms with E-state index in [1.165, 1.54) is 19.5 Å². The number of nitrogens with zero attached hydrogens (tertiary/aromatic N) is 1. The Hall–Kier alpha value is -1.98. The monoisotopic (exact) mass is 234 g/mol. The van der Waals surface area contributed by atoms with E-state index < -0.39 is 12.1 Å². The van der Waals surface area contributed by atoms with Crippen molar-refractivity contribution in [1.82, 2.24) is 5.06 Å². The van der Waals surface area contributed by atoms with E-state index in [1.807, 2.05) is 30.3 Å². The second-order valence-electron chi connectivity index (χ2n) is 3.08. The predicted molar refractivity (Wildman–Crippen MR) is 61.0 cm³/mol. The molecule has 89 valence electrons. The molecule has 1 N–H and O–H groups in total. The van der Waals surface area contributed by atoms with Crippen LogP contribution in [0.1, 0.15) is 5.56 Å². The highest BCUT2D eigenvalue weighted by atomic mass is 16.7. The summed E-state index contributed by atoms with van der Waals surface area (Å²) in [5, 5.41) is 9.63. The fourth-order valence-corrected chi connectivity index (χ4v) is 1.16. The Morgan fingerprint density at radius 2 is 2.12 bits per heavy atom. The SMILES string of the molecule is CON(C(=O)C=Cc1ccccc1)C(O)[C]=O. The summed E-state index contributed by atoms with van der Waals surface area (Å²) < 4.78 is 0. The first-order chi connectivity index (χ1) is 8.19. The van der Waals surface area contributed by atoms with Crippen LogP contribution >= 0.6 is 0 Å². The van der Waals surface area contributed by atoms with E-state index in [0.29, 0.717) is 5.06 Å². The number of rotatable bonds is 5. The molecular weight excluding hydrogens is 222 g/mol. The van der Waals surface area contributed by atoms with Crippen LogP contribution in [-0.2, 0) is 14.4 Å². The van der Waals surface area contributed by atoms with Crippen molar-refractivity contribution >= 4 is 18.3 Å². The van der Waals surface area contributed by atoms with Gasteiger partial charge in [0, 0.05) is 6.08 Å². The second-order valence-corrected chi connectivity index (χ2v) is 3.08. The number of carbonyl (C=O) groups excluding carboxylic acids is 2. The van der Waals surface area contributed by atoms with Crippen molar-refractivity contribution < 1.29 is 19.5 Å². The van der Waals surface area contributed by atoms with E-state index in [2.05, 4.69) is 4.84 Å². The lowest BCUT2D eigenvalue weighted by Crippen LogP contribution is -2.39. The van der Waals surface area contributed by atoms with Gasteiger partial charge < -0.3 is 5.11 Å². The lowest BCUT2D eigenvalue weighted by molar-refractivity contribution is -0.200. The first-order valence-electron chi connectivity index (χ1n) is 4.85. The summed E-state index contributed by atoms with van der Waals surface area (Å²) in [6, 6.07) is 9.12. The van der Waals surface area contributed by atoms with E-state index in [9.17, 15) is 9.59 Å². The van der Waals surface area contributed by atoms with E-state index in [0.717, 1.165) is 5.56 Å². The zero-order valence-electron chi connectivity index (χ0n) is 9.24. The lowest BCUT2D eigenvalue weighted by atomic mass is 10.2. The van der Waals surface area contributed by atoms with Crippen molar-refractivity contribution in [2.24, 2.45) is 0 Å². The van der Waals surface area contributed by atoms with E-state index in [4.69, 9.17) is 5.11 Å². The average molecular weight is 234 g/mol. The van der Waals surface area contributed by atoms with Crippen molar-refractivity contribution in [3.63, 3.8) is 0 Å². The van der Waals surface area contributed by atoms with Gasteiger partial charge in [-0.25, -0.2) is 0 Å². The highest BCUT2D eigenvalue weighted by molar-refractivity contribution is 5.92. The standard InChI is InChI=1S/C12H12NO4/c1-17-13(12(16)9-14)11(15)8-7-10-5-3-2-4-6-10/h2-8,12,16H,1H3. The van der Waals surface area contributed by atoms with Crippen LogP contribution in [0, 0.1) is 0 Å². The molecule has 1 radical (unpaired) electrons. The Bertz CT molecular complexity index is 402. The van der Waals surface area contributed by atoms with Gasteiger partial charge >= 0.3 is 0 Å². The van der Waals surface area contributed by atoms with Crippen molar-refractivity contribution in [2.75, 3.05) is 7.11 Å². The third kappa shape index (κ3) is 3.82. The first kappa shape index (κ1) is 13.1. The minimum atomic E-state index is -1.73. The molecule has 0 saturated carbocycles. The van der Waals surface area contributed by atoms with Crippen LogP contribution in [0.5, 0.6) is 0 Å². The van der Waals surface area contributed by atoms with Gasteiger partial charge in [0.25, 0.3) is 12.2 Å². The second kappa shape index (κ2) is 6.57. The number of hydroxylamine groups is 2. The summed E-state index contributed by atoms with van der Waals surface area (Å²) in [5.41, 5.74) is 0.821. The Morgan fingerprint density at radius 3 is 2.65 bits per heavy atom. The summed E-state index contributed by atoms with van der Waals surface area (Å²) in [7, 11) is 1.18. The molecule has 0 aliphatic rings. The molecule has 0 aliphatic carbocycles. The van der Waals surface area contributed by atoms with Crippen LogP contribution in [0.4, 0.5) is 0 Å². The molecule has 0 saturated heterocycles. The molecule has 5 nitrogen and oxygen atoms in total. The maximum Gasteiger partial charge on any atom is 0.273 e. The molecule has 1 aromatic rings. The molecule has 0 heterocycles. The van der Waals surface area contributed by atoms with Gasteiger partial charge in [-0.2, -0.15) is 5.06 Å². The normalized spacial score (nSPS) is 12.4. The molecule has 1 rings (SSSR count). The third-order valence-corrected chi connectivity index (χ3v) is 1.96. The number of hydrogen-bond donors (Lipinski definition) is 1. The topological polar surface area (TPSA) is 66.8 Å². The molecule has 1 aromatic carbocycles. The molecule has 1 atom stereocenters. The number of benzene rings is 1. The van der Waals surface area contributed by atoms with Crippen LogP contribution in [0.15, 0.2) is 36.4 Å². The van der Waals surface area contributed by atoms with E-state index >= 15 is 0 Å². The molecule has 0 fully saturated rings. The van der Waals surface area contributed by atoms with Gasteiger partial charge in [0.15, 0.2) is 0 Å². The van der Waals surface area contributed by atoms with Crippen LogP contribution in [0.25, 0.3) is 6.08 Å². The van der Waals surface area contributed by atoms with Crippen molar-refractivity contribution in [3.05, 3.63) is 42.0 Å². The quantitative estimate of drug-likeness (QED) is 0.458. The van der Waals surface area contributed by atoms with Crippen LogP contribution in [-0.4, -0.2) is 35.7 Å². The Labute approximate surface area is 98.9 Å². The van der Waals surface area contributed by atoms with Gasteiger partial charge in [-0.3, -0.25) is 14.4 Å². The minimum absolute atomic E-state index is 0.520. The van der Waals surface area contributed by atoms with Crippen molar-refractivity contribution in [2.45, 2.75) is 6.23 Å². The summed E-state index contributed by atoms with van der Waals surface area (Å²) in [6.45, 7) is 0. The fraction of sp³-hybridized carbons (Fsp3) is 0.167. The predicted octanol–water partition coefficient (Wildman–Crippen LogP) is 0.518. The van der Waals surface area contributed by atoms with E-state index in [1.54, 1.807) is 6.08 Å². The van der Waals surface area contributed by atoms with Gasteiger partial charge in [-0.15, -0.1) is 0 Å². The molecule has 17 heavy (non-hydrogen) atoms. The molecule has 0 aromatic heterocycles. The van der Waals surface area contributed by atoms with Gasteiger partial charge in [0.1, 0.15) is 0 Å². The Balaban J connectivity index is 2.71. The summed E-state index contributed by atoms with van der Waals surface area (Å²) in [4.78, 5) is 26.3. The van der Waals surface area contributed by atoms with Gasteiger partial charge in [-0.1, -0.05) is 30.3 Å². The molecule has 1 unspecified atom stereocenters. The first-order valence-corrected chi connectivity index (χ1v) is 4.85. The molecule has 0 spiro atoms.